The van der Waals surface area contributed by atoms with Crippen LogP contribution in [-0.2, 0) is 6.42 Å². The lowest BCUT2D eigenvalue weighted by Gasteiger charge is -2.04. The maximum Gasteiger partial charge on any atom is 0.341 e. The summed E-state index contributed by atoms with van der Waals surface area (Å²) >= 11 is 0. The van der Waals surface area contributed by atoms with Crippen LogP contribution in [0.25, 0.3) is 11.3 Å². The highest BCUT2D eigenvalue weighted by molar-refractivity contribution is 5.87. The molecule has 2 N–H and O–H groups in total. The van der Waals surface area contributed by atoms with Gasteiger partial charge in [0.1, 0.15) is 5.56 Å². The number of carboxylic acids is 1. The summed E-state index contributed by atoms with van der Waals surface area (Å²) < 4.78 is 0. The molecule has 1 aromatic heterocycles. The van der Waals surface area contributed by atoms with E-state index in [0.717, 1.165) is 24.8 Å². The van der Waals surface area contributed by atoms with Crippen molar-refractivity contribution in [2.75, 3.05) is 0 Å². The molecule has 0 saturated carbocycles. The summed E-state index contributed by atoms with van der Waals surface area (Å²) in [6.45, 7) is 2.16. The van der Waals surface area contributed by atoms with Crippen LogP contribution in [0.2, 0.25) is 0 Å². The Kier molecular flexibility index (Phi) is 4.35. The van der Waals surface area contributed by atoms with E-state index in [9.17, 15) is 9.59 Å². The van der Waals surface area contributed by atoms with Crippen molar-refractivity contribution in [1.82, 2.24) is 4.98 Å². The van der Waals surface area contributed by atoms with E-state index >= 15 is 0 Å². The molecule has 0 bridgehead atoms. The Bertz CT molecular complexity index is 656. The Morgan fingerprint density at radius 3 is 2.40 bits per heavy atom. The third-order valence-corrected chi connectivity index (χ3v) is 3.22. The summed E-state index contributed by atoms with van der Waals surface area (Å²) in [5.41, 5.74) is 1.94. The van der Waals surface area contributed by atoms with Crippen LogP contribution in [0, 0.1) is 0 Å². The number of nitrogens with one attached hydrogen (secondary N) is 1. The number of hydrogen-bond donors (Lipinski definition) is 2. The Hall–Kier alpha value is -2.36. The predicted molar refractivity (Wildman–Crippen MR) is 78.1 cm³/mol. The third-order valence-electron chi connectivity index (χ3n) is 3.22. The van der Waals surface area contributed by atoms with Gasteiger partial charge in [-0.3, -0.25) is 4.79 Å². The molecule has 4 nitrogen and oxygen atoms in total. The molecular weight excluding hydrogens is 254 g/mol. The van der Waals surface area contributed by atoms with Gasteiger partial charge in [-0.05, 0) is 36.1 Å². The van der Waals surface area contributed by atoms with Gasteiger partial charge in [-0.25, -0.2) is 4.79 Å². The molecule has 0 radical (unpaired) electrons. The number of aryl methyl sites for hydroxylation is 1. The number of hydrogen-bond acceptors (Lipinski definition) is 2. The summed E-state index contributed by atoms with van der Waals surface area (Å²) in [5, 5.41) is 8.83. The normalized spacial score (nSPS) is 10.4. The minimum atomic E-state index is -1.22. The van der Waals surface area contributed by atoms with Crippen molar-refractivity contribution in [3.8, 4) is 11.3 Å². The fourth-order valence-corrected chi connectivity index (χ4v) is 2.04. The molecule has 104 valence electrons. The van der Waals surface area contributed by atoms with E-state index in [1.165, 1.54) is 11.6 Å². The van der Waals surface area contributed by atoms with Crippen molar-refractivity contribution >= 4 is 5.97 Å². The average Bonchev–Trinajstić information content (AvgIpc) is 2.45. The topological polar surface area (TPSA) is 70.2 Å². The zero-order valence-corrected chi connectivity index (χ0v) is 11.3. The predicted octanol–water partition coefficient (Wildman–Crippen LogP) is 3.08. The van der Waals surface area contributed by atoms with Gasteiger partial charge in [0, 0.05) is 5.69 Å². The number of carbonyl (C=O) groups is 1. The molecular formula is C16H17NO3. The molecule has 2 rings (SSSR count). The standard InChI is InChI=1S/C16H17NO3/c1-2-3-4-11-5-7-12(8-6-11)14-10-9-13(16(19)20)15(18)17-14/h5-10H,2-4H2,1H3,(H,17,18)(H,19,20). The fraction of sp³-hybridized carbons (Fsp3) is 0.250. The molecule has 1 heterocycles. The molecule has 0 saturated heterocycles. The molecule has 0 spiro atoms. The van der Waals surface area contributed by atoms with Gasteiger partial charge in [-0.15, -0.1) is 0 Å². The summed E-state index contributed by atoms with van der Waals surface area (Å²) in [6.07, 6.45) is 3.36. The van der Waals surface area contributed by atoms with Crippen molar-refractivity contribution < 1.29 is 9.90 Å². The summed E-state index contributed by atoms with van der Waals surface area (Å²) in [7, 11) is 0. The van der Waals surface area contributed by atoms with E-state index in [1.54, 1.807) is 6.07 Å². The lowest BCUT2D eigenvalue weighted by atomic mass is 10.0. The van der Waals surface area contributed by atoms with Gasteiger partial charge in [0.15, 0.2) is 0 Å². The molecule has 0 atom stereocenters. The summed E-state index contributed by atoms with van der Waals surface area (Å²) in [5.74, 6) is -1.22. The van der Waals surface area contributed by atoms with Gasteiger partial charge in [0.05, 0.1) is 0 Å². The Balaban J connectivity index is 2.26. The first-order valence-corrected chi connectivity index (χ1v) is 6.67. The molecule has 0 aliphatic rings. The van der Waals surface area contributed by atoms with E-state index in [4.69, 9.17) is 5.11 Å². The molecule has 20 heavy (non-hydrogen) atoms. The fourth-order valence-electron chi connectivity index (χ4n) is 2.04. The molecule has 0 aliphatic heterocycles. The van der Waals surface area contributed by atoms with Crippen LogP contribution < -0.4 is 5.56 Å². The SMILES string of the molecule is CCCCc1ccc(-c2ccc(C(=O)O)c(=O)[nH]2)cc1. The van der Waals surface area contributed by atoms with Crippen LogP contribution in [0.4, 0.5) is 0 Å². The van der Waals surface area contributed by atoms with E-state index in [1.807, 2.05) is 24.3 Å². The minimum Gasteiger partial charge on any atom is -0.477 e. The van der Waals surface area contributed by atoms with Crippen LogP contribution in [0.5, 0.6) is 0 Å². The maximum atomic E-state index is 11.6. The van der Waals surface area contributed by atoms with Crippen LogP contribution in [0.1, 0.15) is 35.7 Å². The van der Waals surface area contributed by atoms with Crippen LogP contribution >= 0.6 is 0 Å². The zero-order chi connectivity index (χ0) is 14.5. The molecule has 0 fully saturated rings. The van der Waals surface area contributed by atoms with Gasteiger partial charge in [0.2, 0.25) is 0 Å². The van der Waals surface area contributed by atoms with E-state index in [0.29, 0.717) is 5.69 Å². The number of pyridine rings is 1. The van der Waals surface area contributed by atoms with Crippen molar-refractivity contribution in [3.63, 3.8) is 0 Å². The second kappa shape index (κ2) is 6.19. The highest BCUT2D eigenvalue weighted by atomic mass is 16.4. The number of aromatic nitrogens is 1. The third kappa shape index (κ3) is 3.15. The number of benzene rings is 1. The molecule has 0 amide bonds. The quantitative estimate of drug-likeness (QED) is 0.878. The summed E-state index contributed by atoms with van der Waals surface area (Å²) in [6, 6.07) is 10.9. The Morgan fingerprint density at radius 2 is 1.85 bits per heavy atom. The summed E-state index contributed by atoms with van der Waals surface area (Å²) in [4.78, 5) is 25.0. The minimum absolute atomic E-state index is 0.242. The van der Waals surface area contributed by atoms with Crippen molar-refractivity contribution in [2.24, 2.45) is 0 Å². The van der Waals surface area contributed by atoms with Crippen molar-refractivity contribution in [1.29, 1.82) is 0 Å². The number of aromatic amines is 1. The average molecular weight is 271 g/mol. The molecule has 4 heteroatoms. The Labute approximate surface area is 117 Å². The highest BCUT2D eigenvalue weighted by Gasteiger charge is 2.09. The van der Waals surface area contributed by atoms with Gasteiger partial charge in [-0.1, -0.05) is 37.6 Å². The lowest BCUT2D eigenvalue weighted by Crippen LogP contribution is -2.17. The zero-order valence-electron chi connectivity index (χ0n) is 11.3. The van der Waals surface area contributed by atoms with Gasteiger partial charge in [-0.2, -0.15) is 0 Å². The van der Waals surface area contributed by atoms with Crippen LogP contribution in [-0.4, -0.2) is 16.1 Å². The number of rotatable bonds is 5. The monoisotopic (exact) mass is 271 g/mol. The first-order chi connectivity index (χ1) is 9.61. The van der Waals surface area contributed by atoms with Crippen LogP contribution in [0.3, 0.4) is 0 Å². The lowest BCUT2D eigenvalue weighted by molar-refractivity contribution is 0.0695. The molecule has 0 aliphatic carbocycles. The maximum absolute atomic E-state index is 11.6. The number of carboxylic acid groups (broad SMARTS) is 1. The smallest absolute Gasteiger partial charge is 0.341 e. The largest absolute Gasteiger partial charge is 0.477 e. The molecule has 2 aromatic rings. The first-order valence-electron chi connectivity index (χ1n) is 6.67. The number of unbranched alkanes of at least 4 members (excludes halogenated alkanes) is 1. The second-order valence-corrected chi connectivity index (χ2v) is 4.72. The molecule has 1 aromatic carbocycles. The number of H-pyrrole nitrogens is 1. The highest BCUT2D eigenvalue weighted by Crippen LogP contribution is 2.17. The second-order valence-electron chi connectivity index (χ2n) is 4.72. The van der Waals surface area contributed by atoms with E-state index in [-0.39, 0.29) is 5.56 Å². The molecule has 0 unspecified atom stereocenters. The van der Waals surface area contributed by atoms with Crippen LogP contribution in [0.15, 0.2) is 41.2 Å². The Morgan fingerprint density at radius 1 is 1.15 bits per heavy atom. The first kappa shape index (κ1) is 14.1. The van der Waals surface area contributed by atoms with Gasteiger partial charge in [0.25, 0.3) is 5.56 Å². The van der Waals surface area contributed by atoms with Gasteiger partial charge >= 0.3 is 5.97 Å². The van der Waals surface area contributed by atoms with E-state index < -0.39 is 11.5 Å². The van der Waals surface area contributed by atoms with Crippen molar-refractivity contribution in [3.05, 3.63) is 57.9 Å². The number of aromatic carboxylic acids is 1. The van der Waals surface area contributed by atoms with E-state index in [2.05, 4.69) is 11.9 Å². The van der Waals surface area contributed by atoms with Crippen molar-refractivity contribution in [2.45, 2.75) is 26.2 Å². The van der Waals surface area contributed by atoms with Gasteiger partial charge < -0.3 is 10.1 Å².